The molecule has 4 rings (SSSR count). The van der Waals surface area contributed by atoms with E-state index in [0.717, 1.165) is 11.3 Å². The Balaban J connectivity index is 1.35. The summed E-state index contributed by atoms with van der Waals surface area (Å²) in [6, 6.07) is 18.7. The van der Waals surface area contributed by atoms with Gasteiger partial charge in [0.05, 0.1) is 12.0 Å². The van der Waals surface area contributed by atoms with Gasteiger partial charge in [0.2, 0.25) is 5.91 Å². The minimum atomic E-state index is -0.304. The molecule has 2 amide bonds. The number of hydrogen-bond donors (Lipinski definition) is 0. The van der Waals surface area contributed by atoms with Crippen LogP contribution in [0, 0.1) is 5.82 Å². The van der Waals surface area contributed by atoms with Crippen LogP contribution in [0.2, 0.25) is 0 Å². The van der Waals surface area contributed by atoms with Crippen molar-refractivity contribution in [1.82, 2.24) is 14.8 Å². The van der Waals surface area contributed by atoms with Gasteiger partial charge in [-0.3, -0.25) is 14.6 Å². The minimum absolute atomic E-state index is 0.0128. The Kier molecular flexibility index (Phi) is 6.75. The Hall–Kier alpha value is -3.74. The maximum Gasteiger partial charge on any atom is 0.257 e. The molecule has 6 nitrogen and oxygen atoms in total. The van der Waals surface area contributed by atoms with Crippen LogP contribution in [-0.4, -0.2) is 52.8 Å². The summed E-state index contributed by atoms with van der Waals surface area (Å²) >= 11 is 0. The molecule has 1 fully saturated rings. The molecular weight excluding hydrogens is 409 g/mol. The number of ether oxygens (including phenoxy) is 1. The van der Waals surface area contributed by atoms with Crippen molar-refractivity contribution in [3.05, 3.63) is 95.6 Å². The van der Waals surface area contributed by atoms with E-state index in [4.69, 9.17) is 4.74 Å². The number of rotatable bonds is 6. The summed E-state index contributed by atoms with van der Waals surface area (Å²) in [6.07, 6.45) is 1.93. The molecule has 1 aliphatic rings. The van der Waals surface area contributed by atoms with Crippen molar-refractivity contribution in [2.75, 3.05) is 26.2 Å². The van der Waals surface area contributed by atoms with Gasteiger partial charge in [0, 0.05) is 38.1 Å². The van der Waals surface area contributed by atoms with Crippen LogP contribution in [0.15, 0.2) is 72.9 Å². The lowest BCUT2D eigenvalue weighted by molar-refractivity contribution is -0.132. The predicted octanol–water partition coefficient (Wildman–Crippen LogP) is 3.33. The summed E-state index contributed by atoms with van der Waals surface area (Å²) in [5.41, 5.74) is 2.03. The quantitative estimate of drug-likeness (QED) is 0.598. The average molecular weight is 433 g/mol. The summed E-state index contributed by atoms with van der Waals surface area (Å²) in [5, 5.41) is 0. The molecule has 2 aromatic carbocycles. The molecule has 0 unspecified atom stereocenters. The fourth-order valence-corrected chi connectivity index (χ4v) is 3.61. The molecule has 7 heteroatoms. The minimum Gasteiger partial charge on any atom is -0.488 e. The lowest BCUT2D eigenvalue weighted by atomic mass is 10.1. The van der Waals surface area contributed by atoms with Crippen LogP contribution in [0.5, 0.6) is 5.75 Å². The Bertz CT molecular complexity index is 1070. The highest BCUT2D eigenvalue weighted by Gasteiger charge is 2.26. The summed E-state index contributed by atoms with van der Waals surface area (Å²) < 4.78 is 19.0. The number of nitrogens with zero attached hydrogens (tertiary/aromatic N) is 3. The van der Waals surface area contributed by atoms with Crippen molar-refractivity contribution >= 4 is 11.8 Å². The molecule has 0 bridgehead atoms. The number of aromatic nitrogens is 1. The molecule has 0 saturated carbocycles. The van der Waals surface area contributed by atoms with Crippen molar-refractivity contribution in [3.63, 3.8) is 0 Å². The second kappa shape index (κ2) is 10.0. The molecule has 2 heterocycles. The molecule has 0 spiro atoms. The number of benzene rings is 2. The van der Waals surface area contributed by atoms with Gasteiger partial charge in [-0.15, -0.1) is 0 Å². The Morgan fingerprint density at radius 3 is 2.28 bits per heavy atom. The van der Waals surface area contributed by atoms with Gasteiger partial charge in [0.1, 0.15) is 18.2 Å². The van der Waals surface area contributed by atoms with Crippen LogP contribution in [0.25, 0.3) is 0 Å². The van der Waals surface area contributed by atoms with Gasteiger partial charge in [-0.1, -0.05) is 30.3 Å². The van der Waals surface area contributed by atoms with Crippen molar-refractivity contribution < 1.29 is 18.7 Å². The highest BCUT2D eigenvalue weighted by molar-refractivity contribution is 5.97. The number of piperazine rings is 1. The molecule has 0 atom stereocenters. The number of carbonyl (C=O) groups excluding carboxylic acids is 2. The first-order valence-electron chi connectivity index (χ1n) is 10.5. The van der Waals surface area contributed by atoms with E-state index in [2.05, 4.69) is 4.98 Å². The van der Waals surface area contributed by atoms with Crippen LogP contribution in [0.1, 0.15) is 21.6 Å². The van der Waals surface area contributed by atoms with Gasteiger partial charge in [-0.2, -0.15) is 0 Å². The van der Waals surface area contributed by atoms with E-state index in [1.807, 2.05) is 24.3 Å². The molecule has 0 aliphatic carbocycles. The molecule has 1 saturated heterocycles. The van der Waals surface area contributed by atoms with Gasteiger partial charge in [0.25, 0.3) is 5.91 Å². The van der Waals surface area contributed by atoms with Crippen molar-refractivity contribution in [2.24, 2.45) is 0 Å². The Morgan fingerprint density at radius 1 is 0.875 bits per heavy atom. The first-order valence-corrected chi connectivity index (χ1v) is 10.5. The fraction of sp³-hybridized carbons (Fsp3) is 0.240. The Morgan fingerprint density at radius 2 is 1.56 bits per heavy atom. The van der Waals surface area contributed by atoms with Crippen LogP contribution in [0.4, 0.5) is 4.39 Å². The van der Waals surface area contributed by atoms with Crippen LogP contribution in [0.3, 0.4) is 0 Å². The van der Waals surface area contributed by atoms with Gasteiger partial charge >= 0.3 is 0 Å². The van der Waals surface area contributed by atoms with E-state index in [1.54, 1.807) is 46.3 Å². The lowest BCUT2D eigenvalue weighted by Crippen LogP contribution is -2.51. The molecule has 0 N–H and O–H groups in total. The van der Waals surface area contributed by atoms with Crippen LogP contribution in [-0.2, 0) is 17.8 Å². The van der Waals surface area contributed by atoms with Crippen molar-refractivity contribution in [1.29, 1.82) is 0 Å². The second-order valence-corrected chi connectivity index (χ2v) is 7.58. The van der Waals surface area contributed by atoms with E-state index in [-0.39, 0.29) is 30.7 Å². The molecule has 1 aromatic heterocycles. The molecule has 0 radical (unpaired) electrons. The van der Waals surface area contributed by atoms with Crippen molar-refractivity contribution in [2.45, 2.75) is 13.0 Å². The van der Waals surface area contributed by atoms with Gasteiger partial charge in [-0.05, 0) is 42.0 Å². The van der Waals surface area contributed by atoms with E-state index in [0.29, 0.717) is 37.5 Å². The zero-order chi connectivity index (χ0) is 22.3. The topological polar surface area (TPSA) is 62.7 Å². The van der Waals surface area contributed by atoms with Gasteiger partial charge < -0.3 is 14.5 Å². The third-order valence-corrected chi connectivity index (χ3v) is 5.40. The largest absolute Gasteiger partial charge is 0.488 e. The van der Waals surface area contributed by atoms with Gasteiger partial charge in [0.15, 0.2) is 0 Å². The summed E-state index contributed by atoms with van der Waals surface area (Å²) in [5.74, 6) is 0.0628. The van der Waals surface area contributed by atoms with E-state index >= 15 is 0 Å². The fourth-order valence-electron chi connectivity index (χ4n) is 3.61. The van der Waals surface area contributed by atoms with Crippen molar-refractivity contribution in [3.8, 4) is 5.75 Å². The van der Waals surface area contributed by atoms with Gasteiger partial charge in [-0.25, -0.2) is 4.39 Å². The molecule has 32 heavy (non-hydrogen) atoms. The smallest absolute Gasteiger partial charge is 0.257 e. The first kappa shape index (κ1) is 21.5. The normalized spacial score (nSPS) is 13.7. The second-order valence-electron chi connectivity index (χ2n) is 7.58. The maximum atomic E-state index is 13.1. The lowest BCUT2D eigenvalue weighted by Gasteiger charge is -2.35. The molecule has 1 aliphatic heterocycles. The summed E-state index contributed by atoms with van der Waals surface area (Å²) in [7, 11) is 0. The number of halogens is 1. The number of amides is 2. The highest BCUT2D eigenvalue weighted by atomic mass is 19.1. The molecular formula is C25H24FN3O3. The average Bonchev–Trinajstić information content (AvgIpc) is 2.84. The number of para-hydroxylation sites is 1. The number of pyridine rings is 1. The Labute approximate surface area is 186 Å². The van der Waals surface area contributed by atoms with Crippen LogP contribution >= 0.6 is 0 Å². The molecule has 3 aromatic rings. The number of hydrogen-bond acceptors (Lipinski definition) is 4. The third kappa shape index (κ3) is 5.29. The summed E-state index contributed by atoms with van der Waals surface area (Å²) in [6.45, 7) is 2.12. The monoisotopic (exact) mass is 433 g/mol. The standard InChI is InChI=1S/C25H24FN3O3/c26-20-10-8-19(9-11-20)18-32-23-7-2-1-6-22(23)25(31)29-15-13-28(14-16-29)24(30)17-21-5-3-4-12-27-21/h1-12H,13-18H2. The SMILES string of the molecule is O=C(Cc1ccccn1)N1CCN(C(=O)c2ccccc2OCc2ccc(F)cc2)CC1. The summed E-state index contributed by atoms with van der Waals surface area (Å²) in [4.78, 5) is 33.4. The van der Waals surface area contributed by atoms with E-state index in [9.17, 15) is 14.0 Å². The first-order chi connectivity index (χ1) is 15.6. The highest BCUT2D eigenvalue weighted by Crippen LogP contribution is 2.22. The maximum absolute atomic E-state index is 13.1. The predicted molar refractivity (Wildman–Crippen MR) is 118 cm³/mol. The van der Waals surface area contributed by atoms with Crippen LogP contribution < -0.4 is 4.74 Å². The zero-order valence-electron chi connectivity index (χ0n) is 17.6. The number of carbonyl (C=O) groups is 2. The molecule has 164 valence electrons. The van der Waals surface area contributed by atoms with E-state index < -0.39 is 0 Å². The van der Waals surface area contributed by atoms with E-state index in [1.165, 1.54) is 12.1 Å². The third-order valence-electron chi connectivity index (χ3n) is 5.40. The zero-order valence-corrected chi connectivity index (χ0v) is 17.6.